The molecule has 4 nitrogen and oxygen atoms in total. The Morgan fingerprint density at radius 1 is 0.946 bits per heavy atom. The number of aromatic amines is 1. The Morgan fingerprint density at radius 3 is 2.41 bits per heavy atom. The van der Waals surface area contributed by atoms with E-state index in [0.29, 0.717) is 6.54 Å². The number of H-pyrrole nitrogens is 1. The molecule has 0 unspecified atom stereocenters. The lowest BCUT2D eigenvalue weighted by atomic mass is 9.65. The number of benzene rings is 3. The van der Waals surface area contributed by atoms with Crippen LogP contribution in [0.3, 0.4) is 0 Å². The number of carbonyl (C=O) groups excluding carboxylic acids is 1. The van der Waals surface area contributed by atoms with Gasteiger partial charge in [-0.2, -0.15) is 0 Å². The minimum atomic E-state index is -0.432. The van der Waals surface area contributed by atoms with E-state index in [0.717, 1.165) is 54.3 Å². The van der Waals surface area contributed by atoms with E-state index in [-0.39, 0.29) is 17.3 Å². The van der Waals surface area contributed by atoms with E-state index in [1.54, 1.807) is 6.07 Å². The number of hydrogen-bond acceptors (Lipinski definition) is 2. The fourth-order valence-corrected chi connectivity index (χ4v) is 7.05. The minimum Gasteiger partial charge on any atom is -0.356 e. The molecule has 1 aliphatic heterocycles. The summed E-state index contributed by atoms with van der Waals surface area (Å²) in [7, 11) is 4.18. The van der Waals surface area contributed by atoms with Gasteiger partial charge in [-0.25, -0.2) is 4.39 Å². The molecule has 1 aromatic heterocycles. The monoisotopic (exact) mass is 495 g/mol. The standard InChI is InChI=1S/C32H34FN3O/c1-22-9-4-5-12-25(22)30(37)36-20-15-27-26-13-6-7-14-28(26)34-29(27)32(36)18-16-31(17-19-32,35(2)3)23-10-8-11-24(33)21-23/h4-14,21,34H,15-20H2,1-3H3. The fourth-order valence-electron chi connectivity index (χ4n) is 7.05. The van der Waals surface area contributed by atoms with E-state index in [1.165, 1.54) is 22.7 Å². The molecule has 2 aliphatic rings. The second-order valence-electron chi connectivity index (χ2n) is 11.0. The molecule has 5 heteroatoms. The van der Waals surface area contributed by atoms with Crippen molar-refractivity contribution in [3.05, 3.63) is 107 Å². The average molecular weight is 496 g/mol. The van der Waals surface area contributed by atoms with Gasteiger partial charge in [-0.1, -0.05) is 48.5 Å². The summed E-state index contributed by atoms with van der Waals surface area (Å²) in [5, 5.41) is 1.26. The summed E-state index contributed by atoms with van der Waals surface area (Å²) in [6, 6.07) is 23.4. The maximum Gasteiger partial charge on any atom is 0.254 e. The molecule has 4 aromatic rings. The number of hydrogen-bond donors (Lipinski definition) is 1. The summed E-state index contributed by atoms with van der Waals surface area (Å²) in [6.45, 7) is 2.71. The normalized spacial score (nSPS) is 23.5. The predicted molar refractivity (Wildman–Crippen MR) is 146 cm³/mol. The van der Waals surface area contributed by atoms with E-state index < -0.39 is 5.54 Å². The summed E-state index contributed by atoms with van der Waals surface area (Å²) in [5.74, 6) is -0.101. The maximum absolute atomic E-state index is 14.3. The number of rotatable bonds is 3. The van der Waals surface area contributed by atoms with Crippen LogP contribution in [0.15, 0.2) is 72.8 Å². The first kappa shape index (κ1) is 23.9. The van der Waals surface area contributed by atoms with Gasteiger partial charge in [-0.15, -0.1) is 0 Å². The number of carbonyl (C=O) groups is 1. The Labute approximate surface area is 218 Å². The Kier molecular flexibility index (Phi) is 5.72. The van der Waals surface area contributed by atoms with Gasteiger partial charge in [0.25, 0.3) is 5.91 Å². The van der Waals surface area contributed by atoms with E-state index in [9.17, 15) is 9.18 Å². The molecule has 3 aromatic carbocycles. The Balaban J connectivity index is 1.48. The van der Waals surface area contributed by atoms with Crippen molar-refractivity contribution < 1.29 is 9.18 Å². The molecule has 1 saturated carbocycles. The first-order valence-corrected chi connectivity index (χ1v) is 13.3. The lowest BCUT2D eigenvalue weighted by Crippen LogP contribution is -2.58. The van der Waals surface area contributed by atoms with E-state index >= 15 is 0 Å². The van der Waals surface area contributed by atoms with E-state index in [2.05, 4.69) is 53.1 Å². The summed E-state index contributed by atoms with van der Waals surface area (Å²) in [5.41, 5.74) is 5.73. The van der Waals surface area contributed by atoms with Crippen LogP contribution in [0.2, 0.25) is 0 Å². The topological polar surface area (TPSA) is 39.3 Å². The van der Waals surface area contributed by atoms with Crippen LogP contribution in [0.25, 0.3) is 10.9 Å². The lowest BCUT2D eigenvalue weighted by molar-refractivity contribution is -0.0142. The van der Waals surface area contributed by atoms with Gasteiger partial charge in [-0.3, -0.25) is 9.69 Å². The summed E-state index contributed by atoms with van der Waals surface area (Å²) in [6.07, 6.45) is 4.10. The predicted octanol–water partition coefficient (Wildman–Crippen LogP) is 6.54. The van der Waals surface area contributed by atoms with Crippen molar-refractivity contribution in [1.29, 1.82) is 0 Å². The number of nitrogens with zero attached hydrogens (tertiary/aromatic N) is 2. The van der Waals surface area contributed by atoms with Crippen molar-refractivity contribution in [3.63, 3.8) is 0 Å². The first-order valence-electron chi connectivity index (χ1n) is 13.3. The van der Waals surface area contributed by atoms with Crippen LogP contribution in [-0.2, 0) is 17.5 Å². The highest BCUT2D eigenvalue weighted by Gasteiger charge is 2.53. The fraction of sp³-hybridized carbons (Fsp3) is 0.344. The van der Waals surface area contributed by atoms with Crippen LogP contribution >= 0.6 is 0 Å². The third-order valence-corrected chi connectivity index (χ3v) is 9.12. The lowest BCUT2D eigenvalue weighted by Gasteiger charge is -2.55. The SMILES string of the molecule is Cc1ccccc1C(=O)N1CCc2c([nH]c3ccccc23)C12CCC(c1cccc(F)c1)(N(C)C)CC2. The van der Waals surface area contributed by atoms with Gasteiger partial charge in [0.2, 0.25) is 0 Å². The number of nitrogens with one attached hydrogen (secondary N) is 1. The van der Waals surface area contributed by atoms with Gasteiger partial charge < -0.3 is 9.88 Å². The molecule has 0 atom stereocenters. The average Bonchev–Trinajstić information content (AvgIpc) is 3.29. The maximum atomic E-state index is 14.3. The van der Waals surface area contributed by atoms with Gasteiger partial charge in [0.1, 0.15) is 5.82 Å². The highest BCUT2D eigenvalue weighted by atomic mass is 19.1. The van der Waals surface area contributed by atoms with Crippen LogP contribution in [0, 0.1) is 12.7 Å². The summed E-state index contributed by atoms with van der Waals surface area (Å²) < 4.78 is 14.3. The molecule has 1 amide bonds. The number of fused-ring (bicyclic) bond motifs is 4. The molecular formula is C32H34FN3O. The van der Waals surface area contributed by atoms with Crippen LogP contribution in [0.5, 0.6) is 0 Å². The van der Waals surface area contributed by atoms with Crippen molar-refractivity contribution in [2.24, 2.45) is 0 Å². The van der Waals surface area contributed by atoms with Gasteiger partial charge in [0, 0.05) is 34.2 Å². The van der Waals surface area contributed by atoms with Gasteiger partial charge in [-0.05, 0) is 94.1 Å². The van der Waals surface area contributed by atoms with Crippen LogP contribution in [-0.4, -0.2) is 41.3 Å². The highest BCUT2D eigenvalue weighted by Crippen LogP contribution is 2.54. The zero-order valence-corrected chi connectivity index (χ0v) is 21.9. The molecule has 0 radical (unpaired) electrons. The van der Waals surface area contributed by atoms with Gasteiger partial charge in [0.05, 0.1) is 5.54 Å². The number of halogens is 1. The van der Waals surface area contributed by atoms with Crippen molar-refractivity contribution in [1.82, 2.24) is 14.8 Å². The molecule has 1 N–H and O–H groups in total. The molecule has 2 heterocycles. The Bertz CT molecular complexity index is 1480. The molecule has 190 valence electrons. The van der Waals surface area contributed by atoms with Gasteiger partial charge >= 0.3 is 0 Å². The second kappa shape index (κ2) is 8.84. The second-order valence-corrected chi connectivity index (χ2v) is 11.0. The number of amides is 1. The van der Waals surface area contributed by atoms with E-state index in [4.69, 9.17) is 0 Å². The zero-order chi connectivity index (χ0) is 25.8. The van der Waals surface area contributed by atoms with Crippen LogP contribution < -0.4 is 0 Å². The zero-order valence-electron chi connectivity index (χ0n) is 21.9. The van der Waals surface area contributed by atoms with E-state index in [1.807, 2.05) is 43.3 Å². The molecule has 1 spiro atoms. The third kappa shape index (κ3) is 3.63. The third-order valence-electron chi connectivity index (χ3n) is 9.12. The molecule has 0 bridgehead atoms. The Hall–Kier alpha value is -3.44. The smallest absolute Gasteiger partial charge is 0.254 e. The minimum absolute atomic E-state index is 0.102. The number of aryl methyl sites for hydroxylation is 1. The summed E-state index contributed by atoms with van der Waals surface area (Å²) in [4.78, 5) is 22.3. The first-order chi connectivity index (χ1) is 17.9. The quantitative estimate of drug-likeness (QED) is 0.351. The molecule has 37 heavy (non-hydrogen) atoms. The molecule has 1 fully saturated rings. The number of para-hydroxylation sites is 1. The van der Waals surface area contributed by atoms with Crippen molar-refractivity contribution in [2.45, 2.75) is 50.1 Å². The molecule has 0 saturated heterocycles. The molecule has 1 aliphatic carbocycles. The summed E-state index contributed by atoms with van der Waals surface area (Å²) >= 11 is 0. The highest BCUT2D eigenvalue weighted by molar-refractivity contribution is 5.97. The molecular weight excluding hydrogens is 461 g/mol. The van der Waals surface area contributed by atoms with Crippen LogP contribution in [0.4, 0.5) is 4.39 Å². The van der Waals surface area contributed by atoms with Crippen LogP contribution in [0.1, 0.15) is 58.4 Å². The van der Waals surface area contributed by atoms with Crippen molar-refractivity contribution in [2.75, 3.05) is 20.6 Å². The largest absolute Gasteiger partial charge is 0.356 e. The Morgan fingerprint density at radius 2 is 1.68 bits per heavy atom. The number of aromatic nitrogens is 1. The molecule has 6 rings (SSSR count). The van der Waals surface area contributed by atoms with Crippen molar-refractivity contribution >= 4 is 16.8 Å². The van der Waals surface area contributed by atoms with Crippen molar-refractivity contribution in [3.8, 4) is 0 Å². The van der Waals surface area contributed by atoms with Gasteiger partial charge in [0.15, 0.2) is 0 Å².